The van der Waals surface area contributed by atoms with E-state index in [2.05, 4.69) is 42.2 Å². The molecule has 22 nitrogen and oxygen atoms in total. The molecule has 2 aliphatic rings. The molecule has 0 aromatic rings. The van der Waals surface area contributed by atoms with Crippen molar-refractivity contribution in [3.05, 3.63) is 11.9 Å². The minimum absolute atomic E-state index is 0.210. The lowest BCUT2D eigenvalue weighted by atomic mass is 10.0. The SMILES string of the molecule is CCC[C@H](N)CC(=O)N[C@@H]1CNC(=O)/C(=C\NC(N)=O)NC(=O)[C@H](CO)NC(=O)[C@H](CO)NC(=O)[C@H]([C@@H]2C[C@@H](O)N=C(N)N2)NC1=O. The minimum Gasteiger partial charge on any atom is -0.394 e. The molecule has 1 fully saturated rings. The van der Waals surface area contributed by atoms with Gasteiger partial charge in [-0.2, -0.15) is 0 Å². The van der Waals surface area contributed by atoms with E-state index >= 15 is 0 Å². The van der Waals surface area contributed by atoms with Crippen LogP contribution in [-0.4, -0.2) is 125 Å². The molecule has 0 aromatic carbocycles. The van der Waals surface area contributed by atoms with Crippen LogP contribution in [0.3, 0.4) is 0 Å². The number of carbonyl (C=O) groups is 7. The van der Waals surface area contributed by atoms with E-state index in [0.717, 1.165) is 0 Å². The van der Waals surface area contributed by atoms with Crippen LogP contribution >= 0.6 is 0 Å². The van der Waals surface area contributed by atoms with Crippen molar-refractivity contribution < 1.29 is 48.9 Å². The highest BCUT2D eigenvalue weighted by Gasteiger charge is 2.38. The van der Waals surface area contributed by atoms with Crippen molar-refractivity contribution in [2.75, 3.05) is 19.8 Å². The number of urea groups is 1. The molecule has 22 heteroatoms. The molecule has 0 aromatic heterocycles. The Labute approximate surface area is 268 Å². The third-order valence-corrected chi connectivity index (χ3v) is 6.79. The number of primary amides is 1. The van der Waals surface area contributed by atoms with E-state index < -0.39 is 109 Å². The summed E-state index contributed by atoms with van der Waals surface area (Å²) in [5, 5.41) is 48.0. The summed E-state index contributed by atoms with van der Waals surface area (Å²) in [6, 6.07) is -9.58. The van der Waals surface area contributed by atoms with Gasteiger partial charge in [-0.25, -0.2) is 9.79 Å². The largest absolute Gasteiger partial charge is 0.394 e. The quantitative estimate of drug-likeness (QED) is 0.101. The molecule has 7 atom stereocenters. The van der Waals surface area contributed by atoms with Crippen molar-refractivity contribution in [1.82, 2.24) is 42.5 Å². The van der Waals surface area contributed by atoms with Crippen LogP contribution in [0.25, 0.3) is 0 Å². The van der Waals surface area contributed by atoms with Gasteiger partial charge >= 0.3 is 6.03 Å². The monoisotopic (exact) mass is 670 g/mol. The van der Waals surface area contributed by atoms with Gasteiger partial charge in [0.2, 0.25) is 29.5 Å². The van der Waals surface area contributed by atoms with Crippen molar-refractivity contribution in [3.63, 3.8) is 0 Å². The zero-order valence-corrected chi connectivity index (χ0v) is 25.4. The van der Waals surface area contributed by atoms with E-state index in [1.54, 1.807) is 0 Å². The summed E-state index contributed by atoms with van der Waals surface area (Å²) in [6.07, 6.45) is -0.0355. The van der Waals surface area contributed by atoms with Crippen molar-refractivity contribution in [1.29, 1.82) is 0 Å². The summed E-state index contributed by atoms with van der Waals surface area (Å²) in [7, 11) is 0. The van der Waals surface area contributed by atoms with Crippen LogP contribution in [0.5, 0.6) is 0 Å². The molecule has 0 spiro atoms. The Morgan fingerprint density at radius 2 is 1.64 bits per heavy atom. The number of nitrogens with zero attached hydrogens (tertiary/aromatic N) is 1. The van der Waals surface area contributed by atoms with Crippen LogP contribution in [0, 0.1) is 0 Å². The third-order valence-electron chi connectivity index (χ3n) is 6.79. The molecule has 1 saturated heterocycles. The molecule has 0 bridgehead atoms. The summed E-state index contributed by atoms with van der Waals surface area (Å²) < 4.78 is 0. The van der Waals surface area contributed by atoms with Gasteiger partial charge in [0.1, 0.15) is 29.9 Å². The summed E-state index contributed by atoms with van der Waals surface area (Å²) in [5.74, 6) is -6.57. The number of carbonyl (C=O) groups excluding carboxylic acids is 7. The van der Waals surface area contributed by atoms with Crippen LogP contribution in [0.15, 0.2) is 16.9 Å². The normalized spacial score (nSPS) is 27.9. The first-order valence-electron chi connectivity index (χ1n) is 14.5. The number of nitrogens with one attached hydrogen (secondary N) is 8. The summed E-state index contributed by atoms with van der Waals surface area (Å²) in [4.78, 5) is 93.8. The molecule has 2 heterocycles. The predicted octanol–water partition coefficient (Wildman–Crippen LogP) is -7.82. The molecule has 2 rings (SSSR count). The lowest BCUT2D eigenvalue weighted by Gasteiger charge is -2.34. The fourth-order valence-corrected chi connectivity index (χ4v) is 4.46. The second-order valence-corrected chi connectivity index (χ2v) is 10.6. The first-order chi connectivity index (χ1) is 22.2. The Balaban J connectivity index is 2.57. The average molecular weight is 671 g/mol. The lowest BCUT2D eigenvalue weighted by molar-refractivity contribution is -0.136. The van der Waals surface area contributed by atoms with E-state index in [1.807, 2.05) is 12.2 Å². The van der Waals surface area contributed by atoms with Gasteiger partial charge in [0.15, 0.2) is 12.2 Å². The summed E-state index contributed by atoms with van der Waals surface area (Å²) >= 11 is 0. The molecular weight excluding hydrogens is 628 g/mol. The first-order valence-corrected chi connectivity index (χ1v) is 14.5. The van der Waals surface area contributed by atoms with Gasteiger partial charge in [-0.05, 0) is 6.42 Å². The fraction of sp³-hybridized carbons (Fsp3) is 0.600. The van der Waals surface area contributed by atoms with Crippen LogP contribution in [0.2, 0.25) is 0 Å². The Hall–Kier alpha value is -5.06. The second-order valence-electron chi connectivity index (χ2n) is 10.6. The molecule has 262 valence electrons. The number of hydrogen-bond donors (Lipinski definition) is 14. The number of aliphatic hydroxyl groups excluding tert-OH is 3. The van der Waals surface area contributed by atoms with E-state index in [4.69, 9.17) is 17.2 Å². The molecule has 0 aliphatic carbocycles. The van der Waals surface area contributed by atoms with Crippen molar-refractivity contribution in [2.45, 2.75) is 75.1 Å². The minimum atomic E-state index is -1.75. The molecule has 47 heavy (non-hydrogen) atoms. The van der Waals surface area contributed by atoms with Gasteiger partial charge in [0, 0.05) is 31.6 Å². The Morgan fingerprint density at radius 3 is 2.23 bits per heavy atom. The standard InChI is InChI=1S/C25H42N12O10/c1-2-3-10(26)4-16(40)31-13-6-29-19(42)12(7-30-25(28)47)32-21(44)14(8-38)33-22(45)15(9-39)34-23(46)18(37-20(13)43)11-5-17(41)36-24(27)35-11/h7,10-11,13-15,17-18,38-39,41H,2-6,8-9,26H2,1H3,(H,29,42)(H,31,40)(H,32,44)(H,33,45)(H,34,46)(H,37,43)(H3,27,35,36)(H3,28,30,47)/b12-7+/t10-,11-,13+,14-,15-,17+,18-/m0/s1. The molecule has 0 radical (unpaired) electrons. The van der Waals surface area contributed by atoms with Crippen LogP contribution in [-0.2, 0) is 28.8 Å². The van der Waals surface area contributed by atoms with Gasteiger partial charge in [0.05, 0.1) is 19.3 Å². The molecule has 0 unspecified atom stereocenters. The average Bonchev–Trinajstić information content (AvgIpc) is 2.99. The Kier molecular flexibility index (Phi) is 14.7. The van der Waals surface area contributed by atoms with Gasteiger partial charge in [-0.1, -0.05) is 13.3 Å². The second kappa shape index (κ2) is 18.2. The number of aliphatic imine (C=N–C) groups is 1. The number of nitrogens with two attached hydrogens (primary N) is 3. The Morgan fingerprint density at radius 1 is 1.00 bits per heavy atom. The smallest absolute Gasteiger partial charge is 0.316 e. The highest BCUT2D eigenvalue weighted by Crippen LogP contribution is 2.11. The number of rotatable bonds is 9. The van der Waals surface area contributed by atoms with E-state index in [0.29, 0.717) is 19.0 Å². The number of guanidine groups is 1. The van der Waals surface area contributed by atoms with Gasteiger partial charge in [-0.15, -0.1) is 0 Å². The predicted molar refractivity (Wildman–Crippen MR) is 161 cm³/mol. The lowest BCUT2D eigenvalue weighted by Crippen LogP contribution is -2.66. The highest BCUT2D eigenvalue weighted by atomic mass is 16.3. The fourth-order valence-electron chi connectivity index (χ4n) is 4.46. The molecular formula is C25H42N12O10. The van der Waals surface area contributed by atoms with E-state index in [1.165, 1.54) is 0 Å². The first kappa shape index (κ1) is 38.1. The van der Waals surface area contributed by atoms with Gasteiger partial charge < -0.3 is 75.1 Å². The molecule has 2 aliphatic heterocycles. The number of amides is 8. The highest BCUT2D eigenvalue weighted by molar-refractivity contribution is 6.01. The molecule has 17 N–H and O–H groups in total. The van der Waals surface area contributed by atoms with Crippen LogP contribution in [0.1, 0.15) is 32.6 Å². The van der Waals surface area contributed by atoms with Gasteiger partial charge in [-0.3, -0.25) is 28.8 Å². The Bertz CT molecular complexity index is 1260. The zero-order chi connectivity index (χ0) is 35.3. The van der Waals surface area contributed by atoms with Crippen molar-refractivity contribution in [2.24, 2.45) is 22.2 Å². The van der Waals surface area contributed by atoms with E-state index in [-0.39, 0.29) is 18.8 Å². The third kappa shape index (κ3) is 12.0. The maximum atomic E-state index is 13.6. The topological polar surface area (TPSA) is 367 Å². The number of aliphatic hydroxyl groups is 3. The molecule has 8 amide bonds. The maximum Gasteiger partial charge on any atom is 0.316 e. The summed E-state index contributed by atoms with van der Waals surface area (Å²) in [6.45, 7) is -0.833. The van der Waals surface area contributed by atoms with Crippen LogP contribution in [0.4, 0.5) is 4.79 Å². The zero-order valence-electron chi connectivity index (χ0n) is 25.4. The van der Waals surface area contributed by atoms with Gasteiger partial charge in [0.25, 0.3) is 5.91 Å². The maximum absolute atomic E-state index is 13.6. The van der Waals surface area contributed by atoms with Crippen LogP contribution < -0.4 is 59.7 Å². The summed E-state index contributed by atoms with van der Waals surface area (Å²) in [5.41, 5.74) is 16.1. The number of hydrogen-bond acceptors (Lipinski definition) is 14. The van der Waals surface area contributed by atoms with E-state index in [9.17, 15) is 48.9 Å². The molecule has 0 saturated carbocycles. The van der Waals surface area contributed by atoms with Crippen molar-refractivity contribution in [3.8, 4) is 0 Å². The van der Waals surface area contributed by atoms with Crippen molar-refractivity contribution >= 4 is 47.4 Å².